The molecule has 0 aliphatic heterocycles. The van der Waals surface area contributed by atoms with Crippen LogP contribution in [0.15, 0.2) is 60.9 Å². The minimum Gasteiger partial charge on any atom is -0.476 e. The van der Waals surface area contributed by atoms with Crippen LogP contribution in [0.3, 0.4) is 0 Å². The van der Waals surface area contributed by atoms with Crippen molar-refractivity contribution in [1.29, 1.82) is 0 Å². The lowest BCUT2D eigenvalue weighted by Gasteiger charge is -2.15. The van der Waals surface area contributed by atoms with E-state index in [2.05, 4.69) is 20.5 Å². The van der Waals surface area contributed by atoms with Crippen molar-refractivity contribution < 1.29 is 19.4 Å². The van der Waals surface area contributed by atoms with Gasteiger partial charge in [-0.3, -0.25) is 9.72 Å². The van der Waals surface area contributed by atoms with Crippen molar-refractivity contribution >= 4 is 23.7 Å². The summed E-state index contributed by atoms with van der Waals surface area (Å²) in [7, 11) is 0. The van der Waals surface area contributed by atoms with E-state index in [1.165, 1.54) is 16.8 Å². The van der Waals surface area contributed by atoms with Gasteiger partial charge < -0.3 is 9.84 Å². The summed E-state index contributed by atoms with van der Waals surface area (Å²) in [5.74, 6) is -1.34. The van der Waals surface area contributed by atoms with Crippen molar-refractivity contribution in [3.05, 3.63) is 77.7 Å². The third-order valence-electron chi connectivity index (χ3n) is 5.09. The van der Waals surface area contributed by atoms with E-state index in [1.54, 1.807) is 0 Å². The molecule has 0 atom stereocenters. The summed E-state index contributed by atoms with van der Waals surface area (Å²) in [6.45, 7) is 0.105. The van der Waals surface area contributed by atoms with Crippen molar-refractivity contribution in [2.75, 3.05) is 11.9 Å². The molecule has 148 valence electrons. The summed E-state index contributed by atoms with van der Waals surface area (Å²) < 4.78 is 6.81. The highest BCUT2D eigenvalue weighted by Crippen LogP contribution is 2.44. The van der Waals surface area contributed by atoms with E-state index >= 15 is 0 Å². The fraction of sp³-hybridized carbons (Fsp3) is 0.0952. The number of anilines is 1. The number of benzene rings is 2. The molecule has 2 N–H and O–H groups in total. The number of carbonyl (C=O) groups excluding carboxylic acids is 1. The number of hydrogen-bond acceptors (Lipinski definition) is 6. The van der Waals surface area contributed by atoms with Crippen LogP contribution in [0.25, 0.3) is 16.9 Å². The number of aromatic carboxylic acids is 1. The molecule has 0 spiro atoms. The number of nitrogens with zero attached hydrogens (tertiary/aromatic N) is 4. The Kier molecular flexibility index (Phi) is 4.13. The average Bonchev–Trinajstić information content (AvgIpc) is 3.35. The Balaban J connectivity index is 1.39. The van der Waals surface area contributed by atoms with Crippen LogP contribution in [-0.2, 0) is 4.74 Å². The maximum Gasteiger partial charge on any atom is 0.412 e. The number of nitrogens with one attached hydrogen (secondary N) is 1. The van der Waals surface area contributed by atoms with Gasteiger partial charge in [-0.2, -0.15) is 0 Å². The molecule has 4 aromatic rings. The van der Waals surface area contributed by atoms with E-state index in [9.17, 15) is 14.7 Å². The molecule has 0 saturated carbocycles. The van der Waals surface area contributed by atoms with Crippen LogP contribution in [0, 0.1) is 0 Å². The molecule has 1 amide bonds. The van der Waals surface area contributed by atoms with Gasteiger partial charge in [-0.05, 0) is 22.3 Å². The number of amides is 1. The largest absolute Gasteiger partial charge is 0.476 e. The summed E-state index contributed by atoms with van der Waals surface area (Å²) in [4.78, 5) is 28.0. The zero-order valence-electron chi connectivity index (χ0n) is 15.5. The first kappa shape index (κ1) is 17.8. The van der Waals surface area contributed by atoms with Gasteiger partial charge in [0.15, 0.2) is 5.82 Å². The maximum absolute atomic E-state index is 12.5. The van der Waals surface area contributed by atoms with Gasteiger partial charge in [0.05, 0.1) is 0 Å². The molecule has 9 nitrogen and oxygen atoms in total. The monoisotopic (exact) mass is 401 g/mol. The van der Waals surface area contributed by atoms with Gasteiger partial charge in [-0.25, -0.2) is 14.6 Å². The molecule has 1 aliphatic carbocycles. The summed E-state index contributed by atoms with van der Waals surface area (Å²) in [6, 6.07) is 16.0. The van der Waals surface area contributed by atoms with Crippen LogP contribution in [0.1, 0.15) is 27.5 Å². The molecule has 1 aliphatic rings. The van der Waals surface area contributed by atoms with Gasteiger partial charge in [0, 0.05) is 18.3 Å². The van der Waals surface area contributed by atoms with E-state index in [1.807, 2.05) is 48.5 Å². The van der Waals surface area contributed by atoms with E-state index < -0.39 is 17.8 Å². The van der Waals surface area contributed by atoms with Crippen LogP contribution in [0.4, 0.5) is 10.6 Å². The molecule has 0 unspecified atom stereocenters. The molecular weight excluding hydrogens is 386 g/mol. The number of carboxylic acid groups (broad SMARTS) is 1. The Morgan fingerprint density at radius 2 is 1.70 bits per heavy atom. The molecule has 0 radical (unpaired) electrons. The third-order valence-corrected chi connectivity index (χ3v) is 5.09. The van der Waals surface area contributed by atoms with Crippen molar-refractivity contribution in [1.82, 2.24) is 19.6 Å². The van der Waals surface area contributed by atoms with E-state index in [-0.39, 0.29) is 24.1 Å². The van der Waals surface area contributed by atoms with Gasteiger partial charge in [-0.15, -0.1) is 10.2 Å². The van der Waals surface area contributed by atoms with Crippen LogP contribution in [-0.4, -0.2) is 43.4 Å². The molecule has 2 aromatic heterocycles. The smallest absolute Gasteiger partial charge is 0.412 e. The standard InChI is InChI=1S/C21H15N5O4/c27-19(28)17-18(26-10-9-22-20(26)25-24-17)23-21(29)30-11-16-14-7-3-1-5-12(14)13-6-2-4-8-15(13)16/h1-10,16H,11H2,(H,23,29)(H,27,28). The van der Waals surface area contributed by atoms with Crippen LogP contribution in [0.2, 0.25) is 0 Å². The summed E-state index contributed by atoms with van der Waals surface area (Å²) in [5, 5.41) is 19.2. The molecule has 2 heterocycles. The number of carboxylic acids is 1. The van der Waals surface area contributed by atoms with Crippen molar-refractivity contribution in [3.8, 4) is 11.1 Å². The Bertz CT molecular complexity index is 1250. The van der Waals surface area contributed by atoms with Crippen LogP contribution >= 0.6 is 0 Å². The van der Waals surface area contributed by atoms with Crippen LogP contribution < -0.4 is 5.32 Å². The molecule has 0 saturated heterocycles. The second-order valence-electron chi connectivity index (χ2n) is 6.75. The molecule has 30 heavy (non-hydrogen) atoms. The SMILES string of the molecule is O=C(Nc1c(C(=O)O)nnc2nccn12)OCC1c2ccccc2-c2ccccc21. The highest BCUT2D eigenvalue weighted by atomic mass is 16.5. The maximum atomic E-state index is 12.5. The minimum atomic E-state index is -1.33. The molecular formula is C21H15N5O4. The number of rotatable bonds is 4. The lowest BCUT2D eigenvalue weighted by atomic mass is 9.98. The highest BCUT2D eigenvalue weighted by Gasteiger charge is 2.29. The quantitative estimate of drug-likeness (QED) is 0.539. The fourth-order valence-corrected chi connectivity index (χ4v) is 3.79. The van der Waals surface area contributed by atoms with E-state index in [0.29, 0.717) is 0 Å². The van der Waals surface area contributed by atoms with E-state index in [0.717, 1.165) is 22.3 Å². The zero-order chi connectivity index (χ0) is 20.7. The lowest BCUT2D eigenvalue weighted by molar-refractivity contribution is 0.0690. The number of aromatic nitrogens is 4. The Hall–Kier alpha value is -4.27. The number of imidazole rings is 1. The van der Waals surface area contributed by atoms with E-state index in [4.69, 9.17) is 4.74 Å². The second-order valence-corrected chi connectivity index (χ2v) is 6.75. The number of fused-ring (bicyclic) bond motifs is 4. The van der Waals surface area contributed by atoms with Crippen molar-refractivity contribution in [2.45, 2.75) is 5.92 Å². The Morgan fingerprint density at radius 3 is 2.37 bits per heavy atom. The first-order valence-electron chi connectivity index (χ1n) is 9.18. The predicted octanol–water partition coefficient (Wildman–Crippen LogP) is 3.18. The van der Waals surface area contributed by atoms with Crippen molar-refractivity contribution in [2.24, 2.45) is 0 Å². The van der Waals surface area contributed by atoms with Gasteiger partial charge >= 0.3 is 12.1 Å². The minimum absolute atomic E-state index is 0.0674. The zero-order valence-corrected chi connectivity index (χ0v) is 15.5. The number of ether oxygens (including phenoxy) is 1. The summed E-state index contributed by atoms with van der Waals surface area (Å²) >= 11 is 0. The first-order valence-corrected chi connectivity index (χ1v) is 9.18. The number of carbonyl (C=O) groups is 2. The lowest BCUT2D eigenvalue weighted by Crippen LogP contribution is -2.22. The second kappa shape index (κ2) is 6.96. The van der Waals surface area contributed by atoms with Crippen LogP contribution in [0.5, 0.6) is 0 Å². The van der Waals surface area contributed by atoms with Gasteiger partial charge in [0.25, 0.3) is 5.78 Å². The molecule has 5 rings (SSSR count). The summed E-state index contributed by atoms with van der Waals surface area (Å²) in [6.07, 6.45) is 2.12. The number of hydrogen-bond donors (Lipinski definition) is 2. The Morgan fingerprint density at radius 1 is 1.03 bits per heavy atom. The van der Waals surface area contributed by atoms with Gasteiger partial charge in [0.2, 0.25) is 5.69 Å². The molecule has 2 aromatic carbocycles. The fourth-order valence-electron chi connectivity index (χ4n) is 3.79. The molecule has 0 bridgehead atoms. The molecule has 9 heteroatoms. The van der Waals surface area contributed by atoms with Crippen molar-refractivity contribution in [3.63, 3.8) is 0 Å². The normalized spacial score (nSPS) is 12.4. The predicted molar refractivity (Wildman–Crippen MR) is 106 cm³/mol. The summed E-state index contributed by atoms with van der Waals surface area (Å²) in [5.41, 5.74) is 4.00. The van der Waals surface area contributed by atoms with Gasteiger partial charge in [-0.1, -0.05) is 48.5 Å². The highest BCUT2D eigenvalue weighted by molar-refractivity contribution is 5.96. The average molecular weight is 401 g/mol. The topological polar surface area (TPSA) is 119 Å². The Labute approximate surface area is 170 Å². The molecule has 0 fully saturated rings. The van der Waals surface area contributed by atoms with Gasteiger partial charge in [0.1, 0.15) is 6.61 Å². The first-order chi connectivity index (χ1) is 14.6. The third kappa shape index (κ3) is 2.84.